The normalized spacial score (nSPS) is 16.3. The maximum Gasteiger partial charge on any atom is 0.241 e. The Morgan fingerprint density at radius 2 is 2.19 bits per heavy atom. The largest absolute Gasteiger partial charge is 0.322 e. The molecule has 2 heterocycles. The zero-order valence-corrected chi connectivity index (χ0v) is 12.6. The lowest BCUT2D eigenvalue weighted by atomic mass is 10.1. The number of carbonyl (C=O) groups is 1. The molecular formula is C16H17FN2OS. The Morgan fingerprint density at radius 3 is 3.00 bits per heavy atom. The number of fused-ring (bicyclic) bond motifs is 1. The summed E-state index contributed by atoms with van der Waals surface area (Å²) < 4.78 is 13.6. The zero-order valence-electron chi connectivity index (χ0n) is 11.8. The van der Waals surface area contributed by atoms with E-state index >= 15 is 0 Å². The van der Waals surface area contributed by atoms with Gasteiger partial charge in [-0.2, -0.15) is 0 Å². The third-order valence-electron chi connectivity index (χ3n) is 3.90. The molecule has 1 atom stereocenters. The monoisotopic (exact) mass is 304 g/mol. The van der Waals surface area contributed by atoms with E-state index in [9.17, 15) is 9.18 Å². The lowest BCUT2D eigenvalue weighted by Gasteiger charge is -2.31. The third-order valence-corrected chi connectivity index (χ3v) is 4.92. The van der Waals surface area contributed by atoms with Gasteiger partial charge >= 0.3 is 0 Å². The number of thiophene rings is 1. The minimum Gasteiger partial charge on any atom is -0.322 e. The molecule has 1 amide bonds. The maximum atomic E-state index is 13.6. The molecule has 0 saturated carbocycles. The van der Waals surface area contributed by atoms with Crippen LogP contribution in [0.25, 0.3) is 0 Å². The first-order chi connectivity index (χ1) is 10.1. The van der Waals surface area contributed by atoms with Gasteiger partial charge in [0, 0.05) is 18.0 Å². The molecule has 3 rings (SSSR count). The predicted molar refractivity (Wildman–Crippen MR) is 82.9 cm³/mol. The molecule has 5 heteroatoms. The smallest absolute Gasteiger partial charge is 0.241 e. The summed E-state index contributed by atoms with van der Waals surface area (Å²) in [4.78, 5) is 15.8. The third kappa shape index (κ3) is 2.99. The van der Waals surface area contributed by atoms with Crippen molar-refractivity contribution < 1.29 is 9.18 Å². The standard InChI is InChI=1S/C16H17FN2OS/c1-11(16(20)18-14-5-3-2-4-13(14)17)19-8-6-15-12(10-19)7-9-21-15/h2-5,7,9,11H,6,8,10H2,1H3,(H,18,20)/t11-/m1/s1. The minimum absolute atomic E-state index is 0.168. The van der Waals surface area contributed by atoms with Crippen molar-refractivity contribution in [3.05, 3.63) is 52.0 Å². The number of benzene rings is 1. The molecule has 110 valence electrons. The Hall–Kier alpha value is -1.72. The van der Waals surface area contributed by atoms with Crippen LogP contribution < -0.4 is 5.32 Å². The van der Waals surface area contributed by atoms with Gasteiger partial charge in [0.1, 0.15) is 5.82 Å². The molecule has 1 aromatic carbocycles. The second-order valence-corrected chi connectivity index (χ2v) is 6.24. The molecule has 3 nitrogen and oxygen atoms in total. The molecule has 0 bridgehead atoms. The van der Waals surface area contributed by atoms with Gasteiger partial charge in [0.2, 0.25) is 5.91 Å². The minimum atomic E-state index is -0.406. The quantitative estimate of drug-likeness (QED) is 0.944. The molecule has 21 heavy (non-hydrogen) atoms. The van der Waals surface area contributed by atoms with Crippen molar-refractivity contribution in [3.63, 3.8) is 0 Å². The van der Waals surface area contributed by atoms with Gasteiger partial charge in [0.05, 0.1) is 11.7 Å². The number of hydrogen-bond donors (Lipinski definition) is 1. The van der Waals surface area contributed by atoms with Crippen LogP contribution in [0.5, 0.6) is 0 Å². The Morgan fingerprint density at radius 1 is 1.38 bits per heavy atom. The van der Waals surface area contributed by atoms with Gasteiger partial charge in [-0.1, -0.05) is 12.1 Å². The van der Waals surface area contributed by atoms with Crippen LogP contribution in [0.3, 0.4) is 0 Å². The summed E-state index contributed by atoms with van der Waals surface area (Å²) in [6.07, 6.45) is 0.977. The van der Waals surface area contributed by atoms with Crippen molar-refractivity contribution >= 4 is 22.9 Å². The number of nitrogens with one attached hydrogen (secondary N) is 1. The average Bonchev–Trinajstić information content (AvgIpc) is 2.96. The van der Waals surface area contributed by atoms with E-state index in [1.807, 2.05) is 6.92 Å². The van der Waals surface area contributed by atoms with Gasteiger partial charge in [0.25, 0.3) is 0 Å². The van der Waals surface area contributed by atoms with Crippen LogP contribution in [-0.4, -0.2) is 23.4 Å². The van der Waals surface area contributed by atoms with Crippen molar-refractivity contribution in [2.75, 3.05) is 11.9 Å². The molecule has 0 aliphatic carbocycles. The van der Waals surface area contributed by atoms with Crippen LogP contribution >= 0.6 is 11.3 Å². The van der Waals surface area contributed by atoms with Crippen molar-refractivity contribution in [2.24, 2.45) is 0 Å². The molecule has 0 fully saturated rings. The summed E-state index contributed by atoms with van der Waals surface area (Å²) in [6, 6.07) is 8.08. The van der Waals surface area contributed by atoms with Crippen molar-refractivity contribution in [1.29, 1.82) is 0 Å². The fourth-order valence-electron chi connectivity index (χ4n) is 2.57. The van der Waals surface area contributed by atoms with Crippen LogP contribution in [0, 0.1) is 5.82 Å². The van der Waals surface area contributed by atoms with E-state index in [-0.39, 0.29) is 17.6 Å². The Kier molecular flexibility index (Phi) is 4.03. The van der Waals surface area contributed by atoms with Crippen LogP contribution in [0.4, 0.5) is 10.1 Å². The summed E-state index contributed by atoms with van der Waals surface area (Å²) >= 11 is 1.78. The number of hydrogen-bond acceptors (Lipinski definition) is 3. The Labute approximate surface area is 127 Å². The van der Waals surface area contributed by atoms with E-state index in [1.165, 1.54) is 16.5 Å². The van der Waals surface area contributed by atoms with Gasteiger partial charge < -0.3 is 5.32 Å². The maximum absolute atomic E-state index is 13.6. The zero-order chi connectivity index (χ0) is 14.8. The first-order valence-electron chi connectivity index (χ1n) is 7.00. The van der Waals surface area contributed by atoms with Gasteiger partial charge in [-0.3, -0.25) is 9.69 Å². The molecule has 0 unspecified atom stereocenters. The highest BCUT2D eigenvalue weighted by molar-refractivity contribution is 7.10. The lowest BCUT2D eigenvalue weighted by molar-refractivity contribution is -0.121. The number of halogens is 1. The number of carbonyl (C=O) groups excluding carboxylic acids is 1. The highest BCUT2D eigenvalue weighted by atomic mass is 32.1. The predicted octanol–water partition coefficient (Wildman–Crippen LogP) is 3.27. The van der Waals surface area contributed by atoms with E-state index in [0.29, 0.717) is 0 Å². The van der Waals surface area contributed by atoms with Gasteiger partial charge in [0.15, 0.2) is 0 Å². The number of anilines is 1. The molecule has 1 aromatic heterocycles. The summed E-state index contributed by atoms with van der Waals surface area (Å²) in [5, 5.41) is 4.77. The van der Waals surface area contributed by atoms with Crippen molar-refractivity contribution in [2.45, 2.75) is 25.9 Å². The first-order valence-corrected chi connectivity index (χ1v) is 7.88. The molecular weight excluding hydrogens is 287 g/mol. The van der Waals surface area contributed by atoms with E-state index < -0.39 is 5.82 Å². The molecule has 2 aromatic rings. The van der Waals surface area contributed by atoms with Gasteiger partial charge in [-0.25, -0.2) is 4.39 Å². The molecule has 1 aliphatic rings. The van der Waals surface area contributed by atoms with Crippen LogP contribution in [0.15, 0.2) is 35.7 Å². The molecule has 1 aliphatic heterocycles. The fourth-order valence-corrected chi connectivity index (χ4v) is 3.46. The average molecular weight is 304 g/mol. The Bertz CT molecular complexity index is 655. The lowest BCUT2D eigenvalue weighted by Crippen LogP contribution is -2.44. The van der Waals surface area contributed by atoms with E-state index in [0.717, 1.165) is 19.5 Å². The molecule has 0 radical (unpaired) electrons. The van der Waals surface area contributed by atoms with Crippen LogP contribution in [-0.2, 0) is 17.8 Å². The summed E-state index contributed by atoms with van der Waals surface area (Å²) in [7, 11) is 0. The second-order valence-electron chi connectivity index (χ2n) is 5.23. The molecule has 0 spiro atoms. The highest BCUT2D eigenvalue weighted by Crippen LogP contribution is 2.25. The van der Waals surface area contributed by atoms with Gasteiger partial charge in [-0.15, -0.1) is 11.3 Å². The SMILES string of the molecule is C[C@H](C(=O)Nc1ccccc1F)N1CCc2sccc2C1. The van der Waals surface area contributed by atoms with Crippen LogP contribution in [0.2, 0.25) is 0 Å². The van der Waals surface area contributed by atoms with Crippen molar-refractivity contribution in [3.8, 4) is 0 Å². The number of nitrogens with zero attached hydrogens (tertiary/aromatic N) is 1. The number of amides is 1. The van der Waals surface area contributed by atoms with Crippen LogP contribution in [0.1, 0.15) is 17.4 Å². The molecule has 1 N–H and O–H groups in total. The summed E-state index contributed by atoms with van der Waals surface area (Å²) in [5.41, 5.74) is 1.54. The summed E-state index contributed by atoms with van der Waals surface area (Å²) in [6.45, 7) is 3.51. The van der Waals surface area contributed by atoms with Crippen molar-refractivity contribution in [1.82, 2.24) is 4.90 Å². The molecule has 0 saturated heterocycles. The first kappa shape index (κ1) is 14.2. The summed E-state index contributed by atoms with van der Waals surface area (Å²) in [5.74, 6) is -0.574. The Balaban J connectivity index is 1.67. The van der Waals surface area contributed by atoms with Gasteiger partial charge in [-0.05, 0) is 42.5 Å². The highest BCUT2D eigenvalue weighted by Gasteiger charge is 2.26. The number of para-hydroxylation sites is 1. The topological polar surface area (TPSA) is 32.3 Å². The van der Waals surface area contributed by atoms with E-state index in [1.54, 1.807) is 29.5 Å². The van der Waals surface area contributed by atoms with E-state index in [2.05, 4.69) is 21.7 Å². The fraction of sp³-hybridized carbons (Fsp3) is 0.312. The number of rotatable bonds is 3. The van der Waals surface area contributed by atoms with E-state index in [4.69, 9.17) is 0 Å². The second kappa shape index (κ2) is 5.95.